The van der Waals surface area contributed by atoms with Crippen molar-refractivity contribution in [3.63, 3.8) is 0 Å². The Hall–Kier alpha value is -2.06. The molecule has 0 amide bonds. The molecular weight excluding hydrogens is 396 g/mol. The summed E-state index contributed by atoms with van der Waals surface area (Å²) in [4.78, 5) is 0. The Bertz CT molecular complexity index is 1070. The van der Waals surface area contributed by atoms with Crippen molar-refractivity contribution in [2.75, 3.05) is 7.11 Å². The maximum atomic E-state index is 5.84. The summed E-state index contributed by atoms with van der Waals surface area (Å²) in [5.74, 6) is 1.01. The van der Waals surface area contributed by atoms with Gasteiger partial charge >= 0.3 is 0 Å². The average molecular weight is 419 g/mol. The van der Waals surface area contributed by atoms with Crippen molar-refractivity contribution in [3.05, 3.63) is 87.4 Å². The Morgan fingerprint density at radius 3 is 2.37 bits per heavy atom. The molecule has 136 valence electrons. The van der Waals surface area contributed by atoms with E-state index in [0.717, 1.165) is 23.1 Å². The van der Waals surface area contributed by atoms with Crippen LogP contribution in [0, 0.1) is 0 Å². The zero-order valence-electron chi connectivity index (χ0n) is 16.0. The van der Waals surface area contributed by atoms with Gasteiger partial charge in [-0.2, -0.15) is 0 Å². The second-order valence-corrected chi connectivity index (χ2v) is 9.32. The summed E-state index contributed by atoms with van der Waals surface area (Å²) in [7, 11) is 1.79. The first-order valence-electron chi connectivity index (χ1n) is 9.57. The summed E-state index contributed by atoms with van der Waals surface area (Å²) < 4.78 is 6.98. The maximum Gasteiger partial charge on any atom is 0.122 e. The van der Waals surface area contributed by atoms with Crippen LogP contribution in [0.2, 0.25) is 0 Å². The van der Waals surface area contributed by atoms with Gasteiger partial charge in [0, 0.05) is 15.5 Å². The first-order chi connectivity index (χ1) is 13.0. The Balaban J connectivity index is 1.93. The number of hydrogen-bond acceptors (Lipinski definition) is 1. The van der Waals surface area contributed by atoms with E-state index in [2.05, 4.69) is 90.4 Å². The normalized spacial score (nSPS) is 21.5. The minimum absolute atomic E-state index is 0.0941. The number of ether oxygens (including phenoxy) is 1. The predicted molar refractivity (Wildman–Crippen MR) is 115 cm³/mol. The fourth-order valence-corrected chi connectivity index (χ4v) is 5.77. The second-order valence-electron chi connectivity index (χ2n) is 8.41. The summed E-state index contributed by atoms with van der Waals surface area (Å²) in [5.41, 5.74) is 8.34. The Labute approximate surface area is 169 Å². The van der Waals surface area contributed by atoms with Crippen LogP contribution < -0.4 is 4.74 Å². The van der Waals surface area contributed by atoms with Crippen LogP contribution in [0.4, 0.5) is 0 Å². The lowest BCUT2D eigenvalue weighted by molar-refractivity contribution is 0.338. The molecule has 0 fully saturated rings. The molecule has 1 spiro atoms. The van der Waals surface area contributed by atoms with Crippen molar-refractivity contribution in [3.8, 4) is 16.9 Å². The van der Waals surface area contributed by atoms with Gasteiger partial charge in [0.15, 0.2) is 0 Å². The van der Waals surface area contributed by atoms with Crippen LogP contribution in [-0.2, 0) is 10.8 Å². The van der Waals surface area contributed by atoms with E-state index < -0.39 is 0 Å². The Kier molecular flexibility index (Phi) is 3.61. The van der Waals surface area contributed by atoms with Crippen molar-refractivity contribution < 1.29 is 4.74 Å². The molecule has 1 atom stereocenters. The van der Waals surface area contributed by atoms with Gasteiger partial charge in [0.25, 0.3) is 0 Å². The van der Waals surface area contributed by atoms with Gasteiger partial charge in [-0.25, -0.2) is 0 Å². The average Bonchev–Trinajstić information content (AvgIpc) is 2.95. The van der Waals surface area contributed by atoms with Crippen molar-refractivity contribution in [2.24, 2.45) is 0 Å². The highest BCUT2D eigenvalue weighted by atomic mass is 79.9. The van der Waals surface area contributed by atoms with Crippen LogP contribution in [0.1, 0.15) is 48.9 Å². The monoisotopic (exact) mass is 418 g/mol. The van der Waals surface area contributed by atoms with Crippen LogP contribution >= 0.6 is 15.9 Å². The summed E-state index contributed by atoms with van der Waals surface area (Å²) >= 11 is 3.73. The molecule has 0 aromatic heterocycles. The van der Waals surface area contributed by atoms with Crippen molar-refractivity contribution in [1.29, 1.82) is 0 Å². The number of methoxy groups -OCH3 is 1. The van der Waals surface area contributed by atoms with Gasteiger partial charge in [0.2, 0.25) is 0 Å². The van der Waals surface area contributed by atoms with E-state index in [-0.39, 0.29) is 10.8 Å². The highest BCUT2D eigenvalue weighted by Gasteiger charge is 2.51. The largest absolute Gasteiger partial charge is 0.496 e. The molecular formula is C25H23BrO. The standard InChI is InChI=1S/C25H23BrO/c1-24(2)13-14-25(20-9-6-10-22(27-3)23(20)24)19-8-5-4-7-17(19)18-12-11-16(26)15-21(18)25/h4-12,15H,13-14H2,1-3H3. The van der Waals surface area contributed by atoms with Gasteiger partial charge in [-0.15, -0.1) is 0 Å². The quantitative estimate of drug-likeness (QED) is 0.419. The summed E-state index contributed by atoms with van der Waals surface area (Å²) in [6.07, 6.45) is 2.24. The van der Waals surface area contributed by atoms with E-state index in [9.17, 15) is 0 Å². The number of hydrogen-bond donors (Lipinski definition) is 0. The van der Waals surface area contributed by atoms with Crippen molar-refractivity contribution >= 4 is 15.9 Å². The zero-order chi connectivity index (χ0) is 18.8. The molecule has 3 aromatic rings. The molecule has 2 aliphatic rings. The molecule has 0 saturated carbocycles. The molecule has 0 radical (unpaired) electrons. The fourth-order valence-electron chi connectivity index (χ4n) is 5.41. The van der Waals surface area contributed by atoms with E-state index in [0.29, 0.717) is 0 Å². The lowest BCUT2D eigenvalue weighted by atomic mass is 9.58. The third-order valence-corrected chi connectivity index (χ3v) is 7.12. The minimum Gasteiger partial charge on any atom is -0.496 e. The van der Waals surface area contributed by atoms with Crippen molar-refractivity contribution in [2.45, 2.75) is 37.5 Å². The zero-order valence-corrected chi connectivity index (χ0v) is 17.6. The summed E-state index contributed by atoms with van der Waals surface area (Å²) in [6, 6.07) is 22.3. The number of halogens is 1. The molecule has 0 heterocycles. The lowest BCUT2D eigenvalue weighted by Gasteiger charge is -2.45. The number of fused-ring (bicyclic) bond motifs is 7. The molecule has 1 nitrogen and oxygen atoms in total. The van der Waals surface area contributed by atoms with E-state index in [4.69, 9.17) is 4.74 Å². The van der Waals surface area contributed by atoms with Crippen LogP contribution in [0.5, 0.6) is 5.75 Å². The molecule has 3 aromatic carbocycles. The highest BCUT2D eigenvalue weighted by Crippen LogP contribution is 2.61. The molecule has 0 aliphatic heterocycles. The first-order valence-corrected chi connectivity index (χ1v) is 10.4. The molecule has 1 unspecified atom stereocenters. The van der Waals surface area contributed by atoms with E-state index in [1.54, 1.807) is 7.11 Å². The van der Waals surface area contributed by atoms with Gasteiger partial charge in [-0.05, 0) is 64.3 Å². The smallest absolute Gasteiger partial charge is 0.122 e. The first kappa shape index (κ1) is 17.1. The molecule has 27 heavy (non-hydrogen) atoms. The van der Waals surface area contributed by atoms with Crippen LogP contribution in [0.25, 0.3) is 11.1 Å². The lowest BCUT2D eigenvalue weighted by Crippen LogP contribution is -2.38. The van der Waals surface area contributed by atoms with Gasteiger partial charge in [0.05, 0.1) is 7.11 Å². The third kappa shape index (κ3) is 2.17. The van der Waals surface area contributed by atoms with E-state index in [1.807, 2.05) is 0 Å². The second kappa shape index (κ2) is 5.72. The molecule has 2 aliphatic carbocycles. The summed E-state index contributed by atoms with van der Waals surface area (Å²) in [5, 5.41) is 0. The highest BCUT2D eigenvalue weighted by molar-refractivity contribution is 9.10. The van der Waals surface area contributed by atoms with E-state index in [1.165, 1.54) is 33.4 Å². The SMILES string of the molecule is COc1cccc2c1C(C)(C)CCC21c2ccccc2-c2ccc(Br)cc21. The molecule has 0 N–H and O–H groups in total. The molecule has 2 heteroatoms. The number of rotatable bonds is 1. The minimum atomic E-state index is -0.102. The maximum absolute atomic E-state index is 5.84. The van der Waals surface area contributed by atoms with Crippen LogP contribution in [0.15, 0.2) is 65.1 Å². The summed E-state index contributed by atoms with van der Waals surface area (Å²) in [6.45, 7) is 4.70. The third-order valence-electron chi connectivity index (χ3n) is 6.63. The molecule has 5 rings (SSSR count). The molecule has 0 bridgehead atoms. The van der Waals surface area contributed by atoms with E-state index >= 15 is 0 Å². The Morgan fingerprint density at radius 1 is 0.815 bits per heavy atom. The van der Waals surface area contributed by atoms with Crippen molar-refractivity contribution in [1.82, 2.24) is 0 Å². The molecule has 0 saturated heterocycles. The van der Waals surface area contributed by atoms with Gasteiger partial charge < -0.3 is 4.74 Å². The van der Waals surface area contributed by atoms with Gasteiger partial charge in [-0.1, -0.05) is 72.2 Å². The topological polar surface area (TPSA) is 9.23 Å². The fraction of sp³-hybridized carbons (Fsp3) is 0.280. The number of benzene rings is 3. The van der Waals surface area contributed by atoms with Gasteiger partial charge in [-0.3, -0.25) is 0 Å². The van der Waals surface area contributed by atoms with Gasteiger partial charge in [0.1, 0.15) is 5.75 Å². The predicted octanol–water partition coefficient (Wildman–Crippen LogP) is 6.84. The van der Waals surface area contributed by atoms with Crippen LogP contribution in [-0.4, -0.2) is 7.11 Å². The van der Waals surface area contributed by atoms with Crippen LogP contribution in [0.3, 0.4) is 0 Å². The Morgan fingerprint density at radius 2 is 1.56 bits per heavy atom.